The van der Waals surface area contributed by atoms with Crippen molar-refractivity contribution in [2.45, 2.75) is 0 Å². The molecule has 0 atom stereocenters. The summed E-state index contributed by atoms with van der Waals surface area (Å²) < 4.78 is 0. The molecule has 0 aliphatic carbocycles. The highest BCUT2D eigenvalue weighted by Crippen LogP contribution is 2.44. The van der Waals surface area contributed by atoms with Gasteiger partial charge in [-0.3, -0.25) is 0 Å². The fraction of sp³-hybridized carbons (Fsp3) is 0. The standard InChI is InChI=1S/C32H26N4/c33-23-8-5-22(6-9-23)28-19-20-31(32-29-4-2-1-3-21(29)7-18-30(28)32)36(26-14-10-24(34)11-15-26)27-16-12-25(35)13-17-27/h1-20H,33-35H2. The monoisotopic (exact) mass is 466 g/mol. The van der Waals surface area contributed by atoms with Crippen molar-refractivity contribution < 1.29 is 0 Å². The summed E-state index contributed by atoms with van der Waals surface area (Å²) >= 11 is 0. The molecule has 0 aromatic heterocycles. The van der Waals surface area contributed by atoms with Crippen LogP contribution in [0.25, 0.3) is 32.7 Å². The molecule has 4 heteroatoms. The number of hydrogen-bond donors (Lipinski definition) is 3. The Labute approximate surface area is 210 Å². The molecule has 6 aromatic rings. The van der Waals surface area contributed by atoms with Crippen molar-refractivity contribution in [2.75, 3.05) is 22.1 Å². The van der Waals surface area contributed by atoms with Gasteiger partial charge in [0.05, 0.1) is 5.69 Å². The summed E-state index contributed by atoms with van der Waals surface area (Å²) in [5.41, 5.74) is 25.7. The van der Waals surface area contributed by atoms with E-state index in [2.05, 4.69) is 89.8 Å². The first-order chi connectivity index (χ1) is 17.6. The molecule has 0 amide bonds. The number of hydrogen-bond acceptors (Lipinski definition) is 4. The van der Waals surface area contributed by atoms with Crippen molar-refractivity contribution in [1.29, 1.82) is 0 Å². The SMILES string of the molecule is Nc1ccc(-c2ccc(N(c3ccc(N)cc3)c3ccc(N)cc3)c3c2ccc2ccccc23)cc1. The maximum Gasteiger partial charge on any atom is 0.0546 e. The van der Waals surface area contributed by atoms with Gasteiger partial charge in [0.2, 0.25) is 0 Å². The van der Waals surface area contributed by atoms with Crippen molar-refractivity contribution in [3.8, 4) is 11.1 Å². The third-order valence-corrected chi connectivity index (χ3v) is 6.65. The molecule has 0 bridgehead atoms. The number of nitrogens with two attached hydrogens (primary N) is 3. The van der Waals surface area contributed by atoms with Gasteiger partial charge >= 0.3 is 0 Å². The van der Waals surface area contributed by atoms with Crippen LogP contribution in [-0.2, 0) is 0 Å². The Bertz CT molecular complexity index is 1640. The lowest BCUT2D eigenvalue weighted by atomic mass is 9.92. The zero-order chi connectivity index (χ0) is 24.6. The zero-order valence-electron chi connectivity index (χ0n) is 19.7. The van der Waals surface area contributed by atoms with Crippen LogP contribution in [0.4, 0.5) is 34.1 Å². The summed E-state index contributed by atoms with van der Waals surface area (Å²) in [6.07, 6.45) is 0. The molecule has 0 spiro atoms. The van der Waals surface area contributed by atoms with Gasteiger partial charge in [-0.2, -0.15) is 0 Å². The number of anilines is 6. The highest BCUT2D eigenvalue weighted by atomic mass is 15.1. The van der Waals surface area contributed by atoms with E-state index in [4.69, 9.17) is 17.2 Å². The van der Waals surface area contributed by atoms with E-state index in [1.54, 1.807) is 0 Å². The molecule has 0 unspecified atom stereocenters. The Morgan fingerprint density at radius 2 is 1.00 bits per heavy atom. The molecule has 6 aromatic carbocycles. The minimum Gasteiger partial charge on any atom is -0.399 e. The van der Waals surface area contributed by atoms with Crippen LogP contribution in [0.15, 0.2) is 121 Å². The smallest absolute Gasteiger partial charge is 0.0546 e. The van der Waals surface area contributed by atoms with E-state index in [9.17, 15) is 0 Å². The van der Waals surface area contributed by atoms with Gasteiger partial charge in [0, 0.05) is 33.8 Å². The fourth-order valence-corrected chi connectivity index (χ4v) is 4.88. The lowest BCUT2D eigenvalue weighted by Crippen LogP contribution is -2.11. The molecule has 0 aliphatic rings. The van der Waals surface area contributed by atoms with E-state index in [-0.39, 0.29) is 0 Å². The van der Waals surface area contributed by atoms with Crippen molar-refractivity contribution >= 4 is 55.7 Å². The van der Waals surface area contributed by atoms with E-state index < -0.39 is 0 Å². The van der Waals surface area contributed by atoms with E-state index in [1.807, 2.05) is 36.4 Å². The average molecular weight is 467 g/mol. The number of fused-ring (bicyclic) bond motifs is 3. The zero-order valence-corrected chi connectivity index (χ0v) is 19.7. The van der Waals surface area contributed by atoms with Gasteiger partial charge < -0.3 is 22.1 Å². The summed E-state index contributed by atoms with van der Waals surface area (Å²) in [7, 11) is 0. The largest absolute Gasteiger partial charge is 0.399 e. The van der Waals surface area contributed by atoms with E-state index in [0.29, 0.717) is 0 Å². The van der Waals surface area contributed by atoms with E-state index in [0.717, 1.165) is 45.3 Å². The Morgan fingerprint density at radius 1 is 0.444 bits per heavy atom. The number of benzene rings is 6. The minimum absolute atomic E-state index is 0.727. The average Bonchev–Trinajstić information content (AvgIpc) is 2.91. The summed E-state index contributed by atoms with van der Waals surface area (Å²) in [4.78, 5) is 2.26. The molecule has 6 N–H and O–H groups in total. The van der Waals surface area contributed by atoms with Gasteiger partial charge in [-0.05, 0) is 94.0 Å². The summed E-state index contributed by atoms with van der Waals surface area (Å²) in [6.45, 7) is 0. The molecule has 4 nitrogen and oxygen atoms in total. The Balaban J connectivity index is 1.70. The van der Waals surface area contributed by atoms with Crippen LogP contribution in [0.5, 0.6) is 0 Å². The number of nitrogen functional groups attached to an aromatic ring is 3. The quantitative estimate of drug-likeness (QED) is 0.182. The van der Waals surface area contributed by atoms with Crippen molar-refractivity contribution in [3.05, 3.63) is 121 Å². The molecule has 0 saturated heterocycles. The molecule has 0 fully saturated rings. The second-order valence-corrected chi connectivity index (χ2v) is 8.98. The second kappa shape index (κ2) is 8.67. The van der Waals surface area contributed by atoms with Crippen molar-refractivity contribution in [1.82, 2.24) is 0 Å². The number of rotatable bonds is 4. The first-order valence-corrected chi connectivity index (χ1v) is 11.9. The maximum absolute atomic E-state index is 6.04. The molecular formula is C32H26N4. The third kappa shape index (κ3) is 3.75. The highest BCUT2D eigenvalue weighted by molar-refractivity contribution is 6.18. The molecule has 0 heterocycles. The molecular weight excluding hydrogens is 440 g/mol. The van der Waals surface area contributed by atoms with Gasteiger partial charge in [0.1, 0.15) is 0 Å². The summed E-state index contributed by atoms with van der Waals surface area (Å²) in [5.74, 6) is 0. The van der Waals surface area contributed by atoms with Crippen LogP contribution in [0.3, 0.4) is 0 Å². The van der Waals surface area contributed by atoms with E-state index in [1.165, 1.54) is 21.5 Å². The predicted octanol–water partition coefficient (Wildman–Crippen LogP) is 7.88. The van der Waals surface area contributed by atoms with Crippen molar-refractivity contribution in [2.24, 2.45) is 0 Å². The molecule has 0 radical (unpaired) electrons. The Hall–Kier alpha value is -4.96. The van der Waals surface area contributed by atoms with Crippen LogP contribution in [0, 0.1) is 0 Å². The van der Waals surface area contributed by atoms with Gasteiger partial charge in [0.25, 0.3) is 0 Å². The van der Waals surface area contributed by atoms with Gasteiger partial charge in [-0.15, -0.1) is 0 Å². The molecule has 0 saturated carbocycles. The Morgan fingerprint density at radius 3 is 1.61 bits per heavy atom. The maximum atomic E-state index is 6.04. The first-order valence-electron chi connectivity index (χ1n) is 11.9. The number of nitrogens with zero attached hydrogens (tertiary/aromatic N) is 1. The van der Waals surface area contributed by atoms with Crippen LogP contribution in [0.1, 0.15) is 0 Å². The molecule has 0 aliphatic heterocycles. The lowest BCUT2D eigenvalue weighted by molar-refractivity contribution is 1.30. The predicted molar refractivity (Wildman–Crippen MR) is 155 cm³/mol. The summed E-state index contributed by atoms with van der Waals surface area (Å²) in [5, 5.41) is 4.73. The molecule has 174 valence electrons. The normalized spacial score (nSPS) is 11.1. The van der Waals surface area contributed by atoms with Gasteiger partial charge in [-0.25, -0.2) is 0 Å². The third-order valence-electron chi connectivity index (χ3n) is 6.65. The topological polar surface area (TPSA) is 81.3 Å². The molecule has 6 rings (SSSR count). The highest BCUT2D eigenvalue weighted by Gasteiger charge is 2.19. The van der Waals surface area contributed by atoms with Gasteiger partial charge in [-0.1, -0.05) is 54.6 Å². The second-order valence-electron chi connectivity index (χ2n) is 8.98. The van der Waals surface area contributed by atoms with Crippen LogP contribution in [0.2, 0.25) is 0 Å². The van der Waals surface area contributed by atoms with Crippen LogP contribution >= 0.6 is 0 Å². The van der Waals surface area contributed by atoms with Crippen LogP contribution in [-0.4, -0.2) is 0 Å². The Kier molecular flexibility index (Phi) is 5.20. The first kappa shape index (κ1) is 21.6. The summed E-state index contributed by atoms with van der Waals surface area (Å²) in [6, 6.07) is 41.3. The fourth-order valence-electron chi connectivity index (χ4n) is 4.88. The molecule has 36 heavy (non-hydrogen) atoms. The van der Waals surface area contributed by atoms with E-state index >= 15 is 0 Å². The van der Waals surface area contributed by atoms with Crippen molar-refractivity contribution in [3.63, 3.8) is 0 Å². The van der Waals surface area contributed by atoms with Gasteiger partial charge in [0.15, 0.2) is 0 Å². The minimum atomic E-state index is 0.727. The van der Waals surface area contributed by atoms with Crippen LogP contribution < -0.4 is 22.1 Å². The lowest BCUT2D eigenvalue weighted by Gasteiger charge is -2.28.